The minimum absolute atomic E-state index is 0.0309. The van der Waals surface area contributed by atoms with Crippen molar-refractivity contribution in [2.45, 2.75) is 70.3 Å². The summed E-state index contributed by atoms with van der Waals surface area (Å²) >= 11 is 7.25. The van der Waals surface area contributed by atoms with Gasteiger partial charge in [-0.1, -0.05) is 41.1 Å². The minimum atomic E-state index is -4.60. The summed E-state index contributed by atoms with van der Waals surface area (Å²) in [5.74, 6) is -0.0594. The molecule has 22 nitrogen and oxygen atoms in total. The van der Waals surface area contributed by atoms with E-state index in [9.17, 15) is 37.1 Å². The molecular formula is C60H76ClF3N12O10S. The first-order valence-electron chi connectivity index (χ1n) is 28.8. The summed E-state index contributed by atoms with van der Waals surface area (Å²) in [4.78, 5) is 78.6. The number of thiazole rings is 1. The highest BCUT2D eigenvalue weighted by Crippen LogP contribution is 2.28. The zero-order valence-electron chi connectivity index (χ0n) is 48.9. The number of benzene rings is 3. The molecule has 0 aliphatic carbocycles. The maximum absolute atomic E-state index is 13.8. The average molecular weight is 1250 g/mol. The highest BCUT2D eigenvalue weighted by atomic mass is 35.5. The van der Waals surface area contributed by atoms with Gasteiger partial charge in [-0.3, -0.25) is 24.5 Å². The van der Waals surface area contributed by atoms with E-state index in [4.69, 9.17) is 35.3 Å². The molecule has 1 aliphatic rings. The molecule has 0 spiro atoms. The fourth-order valence-electron chi connectivity index (χ4n) is 8.95. The van der Waals surface area contributed by atoms with Crippen LogP contribution in [-0.4, -0.2) is 187 Å². The van der Waals surface area contributed by atoms with Crippen molar-refractivity contribution >= 4 is 57.5 Å². The molecule has 5 amide bonds. The third kappa shape index (κ3) is 24.7. The lowest BCUT2D eigenvalue weighted by Crippen LogP contribution is -2.47. The highest BCUT2D eigenvalue weighted by molar-refractivity contribution is 7.14. The summed E-state index contributed by atoms with van der Waals surface area (Å²) < 4.78 is 71.4. The normalized spacial score (nSPS) is 13.1. The van der Waals surface area contributed by atoms with Gasteiger partial charge in [0, 0.05) is 98.8 Å². The maximum atomic E-state index is 13.8. The molecule has 6 aromatic rings. The van der Waals surface area contributed by atoms with Crippen LogP contribution in [0, 0.1) is 0 Å². The number of carbonyl (C=O) groups is 4. The van der Waals surface area contributed by atoms with Crippen molar-refractivity contribution in [3.8, 4) is 11.5 Å². The Morgan fingerprint density at radius 1 is 0.759 bits per heavy atom. The Labute approximate surface area is 512 Å². The number of anilines is 2. The number of hydrogen-bond acceptors (Lipinski definition) is 16. The number of halogens is 4. The summed E-state index contributed by atoms with van der Waals surface area (Å²) in [5.41, 5.74) is 3.15. The van der Waals surface area contributed by atoms with Crippen molar-refractivity contribution in [3.05, 3.63) is 146 Å². The molecular weight excluding hydrogens is 1170 g/mol. The number of urea groups is 1. The second kappa shape index (κ2) is 35.4. The lowest BCUT2D eigenvalue weighted by Gasteiger charge is -2.32. The van der Waals surface area contributed by atoms with E-state index >= 15 is 0 Å². The van der Waals surface area contributed by atoms with Gasteiger partial charge in [-0.25, -0.2) is 14.5 Å². The number of aromatic amines is 1. The number of rotatable bonds is 36. The molecule has 87 heavy (non-hydrogen) atoms. The number of alkyl halides is 3. The lowest BCUT2D eigenvalue weighted by molar-refractivity contribution is -0.152. The molecule has 0 saturated carbocycles. The zero-order valence-corrected chi connectivity index (χ0v) is 50.5. The summed E-state index contributed by atoms with van der Waals surface area (Å²) in [6, 6.07) is 21.4. The molecule has 3 aromatic heterocycles. The first-order chi connectivity index (χ1) is 42.0. The van der Waals surface area contributed by atoms with Gasteiger partial charge in [-0.2, -0.15) is 13.2 Å². The van der Waals surface area contributed by atoms with Gasteiger partial charge in [0.15, 0.2) is 5.13 Å². The molecule has 0 radical (unpaired) electrons. The zero-order chi connectivity index (χ0) is 61.8. The third-order valence-electron chi connectivity index (χ3n) is 13.9. The molecule has 1 unspecified atom stereocenters. The van der Waals surface area contributed by atoms with Crippen LogP contribution in [0.3, 0.4) is 0 Å². The van der Waals surface area contributed by atoms with Crippen LogP contribution in [0.25, 0.3) is 0 Å². The van der Waals surface area contributed by atoms with Gasteiger partial charge in [0.1, 0.15) is 24.1 Å². The molecule has 27 heteroatoms. The van der Waals surface area contributed by atoms with Gasteiger partial charge in [-0.15, -0.1) is 16.4 Å². The third-order valence-corrected chi connectivity index (χ3v) is 14.9. The van der Waals surface area contributed by atoms with E-state index in [2.05, 4.69) is 46.0 Å². The molecule has 1 saturated heterocycles. The highest BCUT2D eigenvalue weighted by Gasteiger charge is 2.36. The Kier molecular flexibility index (Phi) is 27.3. The van der Waals surface area contributed by atoms with Crippen LogP contribution < -0.4 is 31.0 Å². The smallest absolute Gasteiger partial charge is 0.390 e. The van der Waals surface area contributed by atoms with Crippen molar-refractivity contribution in [2.75, 3.05) is 123 Å². The number of pyridine rings is 1. The van der Waals surface area contributed by atoms with E-state index in [1.54, 1.807) is 82.9 Å². The molecule has 1 aliphatic heterocycles. The lowest BCUT2D eigenvalue weighted by atomic mass is 10.0. The van der Waals surface area contributed by atoms with E-state index < -0.39 is 48.6 Å². The topological polar surface area (TPSA) is 240 Å². The van der Waals surface area contributed by atoms with E-state index in [1.165, 1.54) is 23.6 Å². The van der Waals surface area contributed by atoms with Crippen LogP contribution in [0.2, 0.25) is 5.02 Å². The van der Waals surface area contributed by atoms with Crippen molar-refractivity contribution < 1.29 is 56.0 Å². The first-order valence-corrected chi connectivity index (χ1v) is 30.1. The predicted octanol–water partition coefficient (Wildman–Crippen LogP) is 7.27. The van der Waals surface area contributed by atoms with Crippen LogP contribution in [-0.2, 0) is 60.9 Å². The quantitative estimate of drug-likeness (QED) is 0.0283. The van der Waals surface area contributed by atoms with Crippen LogP contribution in [0.1, 0.15) is 59.8 Å². The summed E-state index contributed by atoms with van der Waals surface area (Å²) in [7, 11) is 4.07. The minimum Gasteiger partial charge on any atom is -0.494 e. The fraction of sp³-hybridized carbons (Fsp3) is 0.467. The number of hydrogen-bond donors (Lipinski definition) is 4. The average Bonchev–Trinajstić information content (AvgIpc) is 4.09. The second-order valence-electron chi connectivity index (χ2n) is 20.7. The number of nitrogens with zero attached hydrogens (tertiary/aromatic N) is 8. The number of H-pyrrole nitrogens is 1. The Morgan fingerprint density at radius 2 is 1.45 bits per heavy atom. The van der Waals surface area contributed by atoms with E-state index in [-0.39, 0.29) is 37.3 Å². The van der Waals surface area contributed by atoms with Crippen LogP contribution >= 0.6 is 22.9 Å². The number of likely N-dealkylation sites (N-methyl/N-ethyl adjacent to an activating group) is 2. The number of nitrogens with one attached hydrogen (secondary N) is 4. The van der Waals surface area contributed by atoms with E-state index in [0.29, 0.717) is 118 Å². The largest absolute Gasteiger partial charge is 0.494 e. The molecule has 7 rings (SSSR count). The van der Waals surface area contributed by atoms with Gasteiger partial charge in [-0.05, 0) is 106 Å². The predicted molar refractivity (Wildman–Crippen MR) is 323 cm³/mol. The monoisotopic (exact) mass is 1250 g/mol. The van der Waals surface area contributed by atoms with Crippen molar-refractivity contribution in [2.24, 2.45) is 0 Å². The van der Waals surface area contributed by atoms with Crippen LogP contribution in [0.15, 0.2) is 107 Å². The molecule has 1 atom stereocenters. The van der Waals surface area contributed by atoms with Gasteiger partial charge >= 0.3 is 12.2 Å². The Morgan fingerprint density at radius 3 is 2.17 bits per heavy atom. The molecule has 0 bridgehead atoms. The van der Waals surface area contributed by atoms with Gasteiger partial charge in [0.05, 0.1) is 77.0 Å². The number of aromatic nitrogens is 5. The SMILES string of the molecule is CN(CCCCOc1ccc(CCC(=O)N(CCC(F)(F)F)C(C(=O)NCc2ccc(Cl)cc2)c2ccc(=O)[nH]c2)cc1)CCOCCOCCc1cn(CCOCCOc2ccc(NC(=O)Nc3nc(CC(=O)N4CCN(C)CC4)cs3)cc2)nn1. The summed E-state index contributed by atoms with van der Waals surface area (Å²) in [5, 5.41) is 19.3. The first kappa shape index (κ1) is 67.1. The summed E-state index contributed by atoms with van der Waals surface area (Å²) in [6.45, 7) is 8.11. The molecule has 1 fully saturated rings. The number of aryl methyl sites for hydroxylation is 1. The molecule has 470 valence electrons. The Bertz CT molecular complexity index is 3090. The number of ether oxygens (including phenoxy) is 5. The van der Waals surface area contributed by atoms with Crippen LogP contribution in [0.5, 0.6) is 11.5 Å². The van der Waals surface area contributed by atoms with Crippen molar-refractivity contribution in [3.63, 3.8) is 0 Å². The number of carbonyl (C=O) groups excluding carboxylic acids is 4. The van der Waals surface area contributed by atoms with Crippen LogP contribution in [0.4, 0.5) is 28.8 Å². The van der Waals surface area contributed by atoms with Gasteiger partial charge < -0.3 is 58.9 Å². The van der Waals surface area contributed by atoms with E-state index in [0.717, 1.165) is 61.2 Å². The van der Waals surface area contributed by atoms with Crippen molar-refractivity contribution in [1.29, 1.82) is 0 Å². The second-order valence-corrected chi connectivity index (χ2v) is 22.0. The maximum Gasteiger partial charge on any atom is 0.390 e. The van der Waals surface area contributed by atoms with E-state index in [1.807, 2.05) is 25.2 Å². The molecule has 4 heterocycles. The number of unbranched alkanes of at least 4 members (excludes halogenated alkanes) is 1. The Balaban J connectivity index is 0.676. The fourth-order valence-corrected chi connectivity index (χ4v) is 9.78. The van der Waals surface area contributed by atoms with Crippen molar-refractivity contribution in [1.82, 2.24) is 49.9 Å². The summed E-state index contributed by atoms with van der Waals surface area (Å²) in [6.07, 6.45) is -0.268. The number of amides is 5. The van der Waals surface area contributed by atoms with Gasteiger partial charge in [0.2, 0.25) is 23.3 Å². The van der Waals surface area contributed by atoms with Gasteiger partial charge in [0.25, 0.3) is 0 Å². The Hall–Kier alpha value is -7.46. The standard InChI is InChI=1S/C60H76ClF3N12O10S/c1-72(23-3-4-31-85-51-15-7-44(8-16-51)9-20-54(78)76(24-22-60(62,63)64)56(46-10-19-53(77)65-41-46)57(80)66-40-45-5-11-47(61)12-6-45)29-33-83-36-35-82-32-21-49-42-75(71-70-49)30-34-84-37-38-86-52-17-13-48(14-18-52)67-58(81)69-59-68-50(43-87-59)39-55(79)74-27-25-73(2)26-28-74/h5-8,10-19,41-43,56H,3-4,9,20-40H2,1-2H3,(H,65,77)(H,66,80)(H2,67,68,69,81). The molecule has 3 aromatic carbocycles. The number of piperazine rings is 1. The molecule has 4 N–H and O–H groups in total.